The monoisotopic (exact) mass is 145 g/mol. The molecule has 0 aromatic carbocycles. The maximum atomic E-state index is 4.50. The van der Waals surface area contributed by atoms with Crippen molar-refractivity contribution >= 4 is 0 Å². The minimum absolute atomic E-state index is 0. The largest absolute Gasteiger partial charge is 1.00 e. The topological polar surface area (TPSA) is 14.1 Å². The fraction of sp³-hybridized carbons (Fsp3) is 0.778. The first-order chi connectivity index (χ1) is 4.79. The van der Waals surface area contributed by atoms with Crippen molar-refractivity contribution in [3.05, 3.63) is 17.1 Å². The number of allylic oxidation sites excluding steroid dienone is 2. The zero-order chi connectivity index (χ0) is 7.40. The normalized spacial score (nSPS) is 17.2. The molecule has 0 aliphatic heterocycles. The number of hydrogen-bond acceptors (Lipinski definition) is 0. The van der Waals surface area contributed by atoms with Crippen molar-refractivity contribution in [3.8, 4) is 0 Å². The molecular weight excluding hydrogens is 129 g/mol. The van der Waals surface area contributed by atoms with Crippen LogP contribution in [0.3, 0.4) is 0 Å². The van der Waals surface area contributed by atoms with E-state index >= 15 is 0 Å². The number of nitrogens with zero attached hydrogens (tertiary/aromatic N) is 1. The smallest absolute Gasteiger partial charge is 0.686 e. The van der Waals surface area contributed by atoms with Gasteiger partial charge in [0.15, 0.2) is 0 Å². The third kappa shape index (κ3) is 4.56. The van der Waals surface area contributed by atoms with Crippen LogP contribution in [0.1, 0.15) is 39.5 Å². The second-order valence-electron chi connectivity index (χ2n) is 3.16. The van der Waals surface area contributed by atoms with Crippen LogP contribution in [0.2, 0.25) is 0 Å². The molecule has 1 aliphatic carbocycles. The SMILES string of the molecule is CC(C)[N-]C1=CCCCC1.[Li+]. The third-order valence-electron chi connectivity index (χ3n) is 1.69. The van der Waals surface area contributed by atoms with E-state index < -0.39 is 0 Å². The fourth-order valence-corrected chi connectivity index (χ4v) is 1.27. The maximum Gasteiger partial charge on any atom is 1.00 e. The molecular formula is C9H16LiN. The van der Waals surface area contributed by atoms with Crippen LogP contribution in [0.25, 0.3) is 5.32 Å². The molecule has 2 heteroatoms. The zero-order valence-electron chi connectivity index (χ0n) is 7.93. The van der Waals surface area contributed by atoms with Crippen LogP contribution >= 0.6 is 0 Å². The molecule has 0 spiro atoms. The summed E-state index contributed by atoms with van der Waals surface area (Å²) in [6.07, 6.45) is 7.42. The van der Waals surface area contributed by atoms with Crippen molar-refractivity contribution in [1.82, 2.24) is 0 Å². The summed E-state index contributed by atoms with van der Waals surface area (Å²) in [6.45, 7) is 4.27. The number of rotatable bonds is 2. The van der Waals surface area contributed by atoms with E-state index in [4.69, 9.17) is 0 Å². The Kier molecular flexibility index (Phi) is 5.82. The Hall–Kier alpha value is 0.137. The van der Waals surface area contributed by atoms with E-state index in [1.807, 2.05) is 0 Å². The molecule has 0 saturated carbocycles. The third-order valence-corrected chi connectivity index (χ3v) is 1.69. The molecule has 58 valence electrons. The second kappa shape index (κ2) is 5.75. The van der Waals surface area contributed by atoms with Crippen LogP contribution in [0.4, 0.5) is 0 Å². The Balaban J connectivity index is 0.000001000. The zero-order valence-corrected chi connectivity index (χ0v) is 7.93. The van der Waals surface area contributed by atoms with Gasteiger partial charge in [-0.15, -0.1) is 12.1 Å². The Morgan fingerprint density at radius 1 is 1.36 bits per heavy atom. The van der Waals surface area contributed by atoms with Crippen molar-refractivity contribution in [3.63, 3.8) is 0 Å². The predicted octanol–water partition coefficient (Wildman–Crippen LogP) is 0.230. The average Bonchev–Trinajstić information content (AvgIpc) is 1.88. The molecule has 0 unspecified atom stereocenters. The molecule has 0 atom stereocenters. The van der Waals surface area contributed by atoms with Gasteiger partial charge >= 0.3 is 18.9 Å². The van der Waals surface area contributed by atoms with E-state index in [-0.39, 0.29) is 18.9 Å². The van der Waals surface area contributed by atoms with Crippen LogP contribution in [0.15, 0.2) is 11.8 Å². The minimum Gasteiger partial charge on any atom is -0.686 e. The molecule has 0 heterocycles. The van der Waals surface area contributed by atoms with Crippen LogP contribution in [-0.4, -0.2) is 6.04 Å². The first-order valence-corrected chi connectivity index (χ1v) is 4.19. The van der Waals surface area contributed by atoms with E-state index in [0.717, 1.165) is 0 Å². The molecule has 0 N–H and O–H groups in total. The Morgan fingerprint density at radius 3 is 2.55 bits per heavy atom. The molecule has 0 aromatic rings. The van der Waals surface area contributed by atoms with E-state index in [1.54, 1.807) is 0 Å². The summed E-state index contributed by atoms with van der Waals surface area (Å²) in [4.78, 5) is 0. The Morgan fingerprint density at radius 2 is 2.09 bits per heavy atom. The van der Waals surface area contributed by atoms with Gasteiger partial charge < -0.3 is 5.32 Å². The van der Waals surface area contributed by atoms with Gasteiger partial charge in [-0.2, -0.15) is 5.70 Å². The predicted molar refractivity (Wildman–Crippen MR) is 45.0 cm³/mol. The van der Waals surface area contributed by atoms with Gasteiger partial charge in [0.25, 0.3) is 0 Å². The second-order valence-corrected chi connectivity index (χ2v) is 3.16. The van der Waals surface area contributed by atoms with Crippen LogP contribution in [0.5, 0.6) is 0 Å². The summed E-state index contributed by atoms with van der Waals surface area (Å²) in [5, 5.41) is 4.50. The number of hydrogen-bond donors (Lipinski definition) is 0. The summed E-state index contributed by atoms with van der Waals surface area (Å²) in [7, 11) is 0. The van der Waals surface area contributed by atoms with Gasteiger partial charge in [0.2, 0.25) is 0 Å². The van der Waals surface area contributed by atoms with Gasteiger partial charge in [0, 0.05) is 0 Å². The van der Waals surface area contributed by atoms with Crippen LogP contribution < -0.4 is 18.9 Å². The van der Waals surface area contributed by atoms with Gasteiger partial charge in [-0.25, -0.2) is 0 Å². The molecule has 0 saturated heterocycles. The summed E-state index contributed by atoms with van der Waals surface area (Å²) >= 11 is 0. The minimum atomic E-state index is 0. The Labute approximate surface area is 81.8 Å². The molecule has 11 heavy (non-hydrogen) atoms. The van der Waals surface area contributed by atoms with Crippen LogP contribution in [-0.2, 0) is 0 Å². The summed E-state index contributed by atoms with van der Waals surface area (Å²) < 4.78 is 0. The molecule has 1 nitrogen and oxygen atoms in total. The van der Waals surface area contributed by atoms with E-state index in [2.05, 4.69) is 25.2 Å². The van der Waals surface area contributed by atoms with E-state index in [9.17, 15) is 0 Å². The molecule has 0 aromatic heterocycles. The maximum absolute atomic E-state index is 4.50. The van der Waals surface area contributed by atoms with Gasteiger partial charge in [-0.05, 0) is 19.3 Å². The molecule has 1 aliphatic rings. The molecule has 1 rings (SSSR count). The van der Waals surface area contributed by atoms with Crippen molar-refractivity contribution in [2.45, 2.75) is 45.6 Å². The Bertz CT molecular complexity index is 130. The molecule has 0 fully saturated rings. The van der Waals surface area contributed by atoms with E-state index in [0.29, 0.717) is 6.04 Å². The van der Waals surface area contributed by atoms with Crippen LogP contribution in [0, 0.1) is 0 Å². The van der Waals surface area contributed by atoms with Gasteiger partial charge in [-0.3, -0.25) is 0 Å². The van der Waals surface area contributed by atoms with Gasteiger partial charge in [0.1, 0.15) is 0 Å². The van der Waals surface area contributed by atoms with E-state index in [1.165, 1.54) is 31.4 Å². The van der Waals surface area contributed by atoms with Crippen molar-refractivity contribution in [2.75, 3.05) is 0 Å². The van der Waals surface area contributed by atoms with Crippen molar-refractivity contribution in [2.24, 2.45) is 0 Å². The van der Waals surface area contributed by atoms with Crippen molar-refractivity contribution in [1.29, 1.82) is 0 Å². The summed E-state index contributed by atoms with van der Waals surface area (Å²) in [6, 6.07) is 0.476. The van der Waals surface area contributed by atoms with Crippen molar-refractivity contribution < 1.29 is 18.9 Å². The first-order valence-electron chi connectivity index (χ1n) is 4.19. The van der Waals surface area contributed by atoms with Gasteiger partial charge in [-0.1, -0.05) is 20.3 Å². The molecule has 0 amide bonds. The van der Waals surface area contributed by atoms with Gasteiger partial charge in [0.05, 0.1) is 0 Å². The molecule has 0 bridgehead atoms. The quantitative estimate of drug-likeness (QED) is 0.494. The first kappa shape index (κ1) is 11.1. The average molecular weight is 145 g/mol. The summed E-state index contributed by atoms with van der Waals surface area (Å²) in [5.74, 6) is 0. The molecule has 0 radical (unpaired) electrons. The standard InChI is InChI=1S/C9H16N.Li/c1-8(2)10-9-6-4-3-5-7-9;/h6,8H,3-5,7H2,1-2H3;/q-1;+1. The fourth-order valence-electron chi connectivity index (χ4n) is 1.27. The summed E-state index contributed by atoms with van der Waals surface area (Å²) in [5.41, 5.74) is 1.33.